The molecule has 26 heavy (non-hydrogen) atoms. The lowest BCUT2D eigenvalue weighted by Gasteiger charge is -2.51. The van der Waals surface area contributed by atoms with Gasteiger partial charge in [0.25, 0.3) is 0 Å². The predicted octanol–water partition coefficient (Wildman–Crippen LogP) is 6.03. The van der Waals surface area contributed by atoms with Crippen LogP contribution in [0.1, 0.15) is 92.4 Å². The maximum Gasteiger partial charge on any atom is 0.0761 e. The van der Waals surface area contributed by atoms with Crippen LogP contribution in [0.25, 0.3) is 0 Å². The van der Waals surface area contributed by atoms with Gasteiger partial charge in [0.1, 0.15) is 0 Å². The smallest absolute Gasteiger partial charge is 0.0761 e. The molecular weight excluding hydrogens is 320 g/mol. The van der Waals surface area contributed by atoms with Crippen molar-refractivity contribution >= 4 is 0 Å². The summed E-state index contributed by atoms with van der Waals surface area (Å²) in [6, 6.07) is 0. The van der Waals surface area contributed by atoms with Gasteiger partial charge in [-0.25, -0.2) is 0 Å². The Labute approximate surface area is 161 Å². The van der Waals surface area contributed by atoms with Gasteiger partial charge in [0.2, 0.25) is 0 Å². The number of allylic oxidation sites excluding steroid dienone is 2. The highest BCUT2D eigenvalue weighted by atomic mass is 16.3. The van der Waals surface area contributed by atoms with E-state index >= 15 is 0 Å². The fourth-order valence-electron chi connectivity index (χ4n) is 5.76. The van der Waals surface area contributed by atoms with E-state index in [1.807, 2.05) is 13.8 Å². The molecule has 0 radical (unpaired) electrons. The second-order valence-electron chi connectivity index (χ2n) is 8.71. The van der Waals surface area contributed by atoms with Crippen LogP contribution in [-0.2, 0) is 0 Å². The highest BCUT2D eigenvalue weighted by Gasteiger charge is 2.54. The van der Waals surface area contributed by atoms with Crippen molar-refractivity contribution in [2.75, 3.05) is 0 Å². The molecule has 0 aromatic rings. The number of aliphatic hydroxyl groups excluding tert-OH is 2. The SMILES string of the molecule is CC.CC12CCC3C4=CCC(O)C=C4CCC3C1CCC2O.CCCC. The molecule has 3 fully saturated rings. The molecule has 3 saturated carbocycles. The van der Waals surface area contributed by atoms with Crippen molar-refractivity contribution < 1.29 is 10.2 Å². The van der Waals surface area contributed by atoms with Gasteiger partial charge in [0.05, 0.1) is 12.2 Å². The molecule has 0 spiro atoms. The fraction of sp³-hybridized carbons (Fsp3) is 0.833. The first kappa shape index (κ1) is 21.7. The summed E-state index contributed by atoms with van der Waals surface area (Å²) < 4.78 is 0. The normalized spacial score (nSPS) is 40.3. The van der Waals surface area contributed by atoms with Crippen molar-refractivity contribution in [2.24, 2.45) is 23.2 Å². The lowest BCUT2D eigenvalue weighted by atomic mass is 9.54. The van der Waals surface area contributed by atoms with E-state index in [1.54, 1.807) is 5.57 Å². The van der Waals surface area contributed by atoms with Crippen molar-refractivity contribution in [1.82, 2.24) is 0 Å². The largest absolute Gasteiger partial charge is 0.393 e. The molecule has 6 unspecified atom stereocenters. The summed E-state index contributed by atoms with van der Waals surface area (Å²) in [5.74, 6) is 2.18. The third-order valence-corrected chi connectivity index (χ3v) is 7.38. The summed E-state index contributed by atoms with van der Waals surface area (Å²) in [5, 5.41) is 20.2. The minimum absolute atomic E-state index is 0.0763. The number of unbranched alkanes of at least 4 members (excludes halogenated alkanes) is 1. The number of aliphatic hydroxyl groups is 2. The van der Waals surface area contributed by atoms with Crippen molar-refractivity contribution in [3.63, 3.8) is 0 Å². The van der Waals surface area contributed by atoms with Crippen LogP contribution in [0.3, 0.4) is 0 Å². The maximum atomic E-state index is 10.4. The van der Waals surface area contributed by atoms with Gasteiger partial charge in [-0.05, 0) is 79.3 Å². The highest BCUT2D eigenvalue weighted by molar-refractivity contribution is 5.40. The topological polar surface area (TPSA) is 40.5 Å². The Morgan fingerprint density at radius 1 is 1.04 bits per heavy atom. The first-order chi connectivity index (χ1) is 12.5. The van der Waals surface area contributed by atoms with E-state index in [-0.39, 0.29) is 17.6 Å². The second kappa shape index (κ2) is 9.55. The van der Waals surface area contributed by atoms with Crippen LogP contribution in [0.4, 0.5) is 0 Å². The molecule has 4 aliphatic carbocycles. The quantitative estimate of drug-likeness (QED) is 0.597. The summed E-state index contributed by atoms with van der Waals surface area (Å²) >= 11 is 0. The predicted molar refractivity (Wildman–Crippen MR) is 111 cm³/mol. The van der Waals surface area contributed by atoms with Crippen molar-refractivity contribution in [2.45, 2.75) is 105 Å². The number of fused-ring (bicyclic) bond motifs is 5. The molecule has 2 nitrogen and oxygen atoms in total. The van der Waals surface area contributed by atoms with E-state index in [4.69, 9.17) is 0 Å². The minimum Gasteiger partial charge on any atom is -0.393 e. The Balaban J connectivity index is 0.000000361. The molecule has 0 heterocycles. The molecule has 0 aromatic heterocycles. The Kier molecular flexibility index (Phi) is 7.97. The molecule has 6 atom stereocenters. The second-order valence-corrected chi connectivity index (χ2v) is 8.71. The van der Waals surface area contributed by atoms with Gasteiger partial charge in [-0.1, -0.05) is 59.6 Å². The van der Waals surface area contributed by atoms with Gasteiger partial charge in [-0.3, -0.25) is 0 Å². The zero-order valence-electron chi connectivity index (χ0n) is 17.8. The standard InChI is InChI=1S/C18H26O2.C4H10.C2H6/c1-18-9-8-14-13-5-3-12(19)10-11(13)2-4-15(14)16(18)6-7-17(18)20;1-3-4-2;1-2/h5,10,12,14-17,19-20H,2-4,6-9H2,1H3;3-4H2,1-2H3;1-2H3. The van der Waals surface area contributed by atoms with Crippen LogP contribution in [0.15, 0.2) is 23.3 Å². The monoisotopic (exact) mass is 362 g/mol. The van der Waals surface area contributed by atoms with Gasteiger partial charge < -0.3 is 10.2 Å². The van der Waals surface area contributed by atoms with E-state index in [2.05, 4.69) is 32.9 Å². The number of hydrogen-bond acceptors (Lipinski definition) is 2. The fourth-order valence-corrected chi connectivity index (χ4v) is 5.76. The van der Waals surface area contributed by atoms with E-state index < -0.39 is 0 Å². The molecule has 4 rings (SSSR count). The average Bonchev–Trinajstić information content (AvgIpc) is 2.98. The molecule has 2 N–H and O–H groups in total. The van der Waals surface area contributed by atoms with Gasteiger partial charge in [-0.15, -0.1) is 0 Å². The van der Waals surface area contributed by atoms with Crippen LogP contribution in [0, 0.1) is 23.2 Å². The van der Waals surface area contributed by atoms with Crippen LogP contribution < -0.4 is 0 Å². The minimum atomic E-state index is -0.257. The molecule has 0 aromatic carbocycles. The van der Waals surface area contributed by atoms with Crippen LogP contribution in [0.2, 0.25) is 0 Å². The van der Waals surface area contributed by atoms with Gasteiger partial charge in [-0.2, -0.15) is 0 Å². The molecule has 0 amide bonds. The first-order valence-electron chi connectivity index (χ1n) is 11.3. The Morgan fingerprint density at radius 3 is 2.38 bits per heavy atom. The molecule has 0 aliphatic heterocycles. The summed E-state index contributed by atoms with van der Waals surface area (Å²) in [6.45, 7) is 10.7. The third-order valence-electron chi connectivity index (χ3n) is 7.38. The van der Waals surface area contributed by atoms with Crippen molar-refractivity contribution in [1.29, 1.82) is 0 Å². The Bertz CT molecular complexity index is 504. The van der Waals surface area contributed by atoms with E-state index in [9.17, 15) is 10.2 Å². The lowest BCUT2D eigenvalue weighted by Crippen LogP contribution is -2.45. The van der Waals surface area contributed by atoms with Gasteiger partial charge in [0, 0.05) is 0 Å². The molecule has 2 heteroatoms. The third kappa shape index (κ3) is 4.12. The zero-order chi connectivity index (χ0) is 19.3. The number of hydrogen-bond donors (Lipinski definition) is 2. The molecular formula is C24H42O2. The molecule has 0 bridgehead atoms. The Hall–Kier alpha value is -0.600. The Morgan fingerprint density at radius 2 is 1.73 bits per heavy atom. The average molecular weight is 363 g/mol. The highest BCUT2D eigenvalue weighted by Crippen LogP contribution is 2.61. The number of rotatable bonds is 1. The summed E-state index contributed by atoms with van der Waals surface area (Å²) in [5.41, 5.74) is 3.15. The van der Waals surface area contributed by atoms with Crippen LogP contribution >= 0.6 is 0 Å². The molecule has 150 valence electrons. The van der Waals surface area contributed by atoms with E-state index in [0.29, 0.717) is 11.8 Å². The summed E-state index contributed by atoms with van der Waals surface area (Å²) in [4.78, 5) is 0. The van der Waals surface area contributed by atoms with Crippen molar-refractivity contribution in [3.05, 3.63) is 23.3 Å². The van der Waals surface area contributed by atoms with Crippen LogP contribution in [-0.4, -0.2) is 22.4 Å². The summed E-state index contributed by atoms with van der Waals surface area (Å²) in [6.07, 6.45) is 14.5. The molecule has 4 aliphatic rings. The summed E-state index contributed by atoms with van der Waals surface area (Å²) in [7, 11) is 0. The lowest BCUT2D eigenvalue weighted by molar-refractivity contribution is -0.0308. The zero-order valence-corrected chi connectivity index (χ0v) is 17.8. The van der Waals surface area contributed by atoms with Crippen molar-refractivity contribution in [3.8, 4) is 0 Å². The van der Waals surface area contributed by atoms with Crippen LogP contribution in [0.5, 0.6) is 0 Å². The van der Waals surface area contributed by atoms with E-state index in [0.717, 1.165) is 25.2 Å². The van der Waals surface area contributed by atoms with Gasteiger partial charge in [0.15, 0.2) is 0 Å². The van der Waals surface area contributed by atoms with E-state index in [1.165, 1.54) is 44.1 Å². The molecule has 0 saturated heterocycles. The maximum absolute atomic E-state index is 10.4. The van der Waals surface area contributed by atoms with Gasteiger partial charge >= 0.3 is 0 Å². The first-order valence-corrected chi connectivity index (χ1v) is 11.3.